The topological polar surface area (TPSA) is 65.0 Å². The SMILES string of the molecule is CCOC(=O)c1ccc(C#CCOc2cc3c(cc2CN=O)C(C)(C)CCC3(C)C)cc1. The maximum atomic E-state index is 11.7. The van der Waals surface area contributed by atoms with Gasteiger partial charge in [-0.05, 0) is 78.1 Å². The van der Waals surface area contributed by atoms with Gasteiger partial charge in [0.25, 0.3) is 0 Å². The van der Waals surface area contributed by atoms with Gasteiger partial charge in [0.2, 0.25) is 0 Å². The van der Waals surface area contributed by atoms with Crippen molar-refractivity contribution in [1.29, 1.82) is 0 Å². The zero-order valence-corrected chi connectivity index (χ0v) is 19.6. The lowest BCUT2D eigenvalue weighted by atomic mass is 9.63. The molecular weight excluding hydrogens is 402 g/mol. The Morgan fingerprint density at radius 1 is 1.03 bits per heavy atom. The Morgan fingerprint density at radius 3 is 2.25 bits per heavy atom. The van der Waals surface area contributed by atoms with Crippen molar-refractivity contribution in [1.82, 2.24) is 0 Å². The van der Waals surface area contributed by atoms with Crippen molar-refractivity contribution in [3.63, 3.8) is 0 Å². The van der Waals surface area contributed by atoms with Gasteiger partial charge in [0.15, 0.2) is 0 Å². The van der Waals surface area contributed by atoms with Crippen LogP contribution in [0.3, 0.4) is 0 Å². The Kier molecular flexibility index (Phi) is 7.03. The van der Waals surface area contributed by atoms with Crippen LogP contribution in [0, 0.1) is 16.7 Å². The second kappa shape index (κ2) is 9.56. The first-order chi connectivity index (χ1) is 15.2. The van der Waals surface area contributed by atoms with Crippen LogP contribution in [0.1, 0.15) is 80.1 Å². The van der Waals surface area contributed by atoms with E-state index in [1.54, 1.807) is 31.2 Å². The molecule has 32 heavy (non-hydrogen) atoms. The molecule has 0 spiro atoms. The third-order valence-electron chi connectivity index (χ3n) is 6.20. The minimum Gasteiger partial charge on any atom is -0.481 e. The van der Waals surface area contributed by atoms with Crippen LogP contribution in [-0.2, 0) is 22.1 Å². The molecule has 5 heteroatoms. The molecule has 1 aliphatic carbocycles. The standard InChI is InChI=1S/C27H31NO4/c1-6-31-25(29)20-11-9-19(10-12-20)8-7-15-32-24-17-23-22(16-21(24)18-28-30)26(2,3)13-14-27(23,4)5/h9-12,16-17H,6,13-15,18H2,1-5H3. The quantitative estimate of drug-likeness (QED) is 0.323. The van der Waals surface area contributed by atoms with Crippen molar-refractivity contribution in [2.24, 2.45) is 5.18 Å². The van der Waals surface area contributed by atoms with E-state index in [4.69, 9.17) is 9.47 Å². The molecule has 168 valence electrons. The summed E-state index contributed by atoms with van der Waals surface area (Å²) in [4.78, 5) is 22.8. The van der Waals surface area contributed by atoms with E-state index in [1.807, 2.05) is 0 Å². The maximum Gasteiger partial charge on any atom is 0.338 e. The molecule has 0 amide bonds. The average molecular weight is 434 g/mol. The molecule has 0 radical (unpaired) electrons. The molecule has 0 fully saturated rings. The number of nitrogens with zero attached hydrogens (tertiary/aromatic N) is 1. The molecule has 0 unspecified atom stereocenters. The Hall–Kier alpha value is -3.13. The lowest BCUT2D eigenvalue weighted by Crippen LogP contribution is -2.34. The van der Waals surface area contributed by atoms with Crippen molar-refractivity contribution in [3.8, 4) is 17.6 Å². The van der Waals surface area contributed by atoms with Crippen molar-refractivity contribution in [2.75, 3.05) is 13.2 Å². The minimum atomic E-state index is -0.342. The molecule has 0 aliphatic heterocycles. The van der Waals surface area contributed by atoms with Crippen LogP contribution in [0.25, 0.3) is 0 Å². The number of hydrogen-bond donors (Lipinski definition) is 0. The fraction of sp³-hybridized carbons (Fsp3) is 0.444. The molecule has 0 saturated heterocycles. The number of esters is 1. The van der Waals surface area contributed by atoms with E-state index >= 15 is 0 Å². The van der Waals surface area contributed by atoms with Crippen molar-refractivity contribution in [2.45, 2.75) is 64.8 Å². The van der Waals surface area contributed by atoms with E-state index in [0.29, 0.717) is 17.9 Å². The highest BCUT2D eigenvalue weighted by Gasteiger charge is 2.37. The lowest BCUT2D eigenvalue weighted by Gasteiger charge is -2.42. The number of carbonyl (C=O) groups excluding carboxylic acids is 1. The van der Waals surface area contributed by atoms with Gasteiger partial charge in [0.1, 0.15) is 18.9 Å². The summed E-state index contributed by atoms with van der Waals surface area (Å²) in [5.74, 6) is 6.38. The molecule has 0 aromatic heterocycles. The van der Waals surface area contributed by atoms with E-state index < -0.39 is 0 Å². The van der Waals surface area contributed by atoms with Crippen LogP contribution in [0.15, 0.2) is 41.6 Å². The number of nitroso groups, excluding NO2 is 1. The van der Waals surface area contributed by atoms with E-state index in [1.165, 1.54) is 11.1 Å². The van der Waals surface area contributed by atoms with E-state index in [-0.39, 0.29) is 30.0 Å². The highest BCUT2D eigenvalue weighted by molar-refractivity contribution is 5.89. The number of ether oxygens (including phenoxy) is 2. The van der Waals surface area contributed by atoms with Crippen LogP contribution < -0.4 is 4.74 Å². The summed E-state index contributed by atoms with van der Waals surface area (Å²) in [6.07, 6.45) is 2.20. The molecule has 2 aromatic carbocycles. The van der Waals surface area contributed by atoms with E-state index in [2.05, 4.69) is 56.8 Å². The highest BCUT2D eigenvalue weighted by atomic mass is 16.5. The second-order valence-corrected chi connectivity index (χ2v) is 9.45. The van der Waals surface area contributed by atoms with Crippen molar-refractivity contribution >= 4 is 5.97 Å². The van der Waals surface area contributed by atoms with Crippen LogP contribution in [0.4, 0.5) is 0 Å². The summed E-state index contributed by atoms with van der Waals surface area (Å²) in [6.45, 7) is 11.4. The Labute approximate surface area is 190 Å². The second-order valence-electron chi connectivity index (χ2n) is 9.45. The number of carbonyl (C=O) groups is 1. The van der Waals surface area contributed by atoms with Crippen molar-refractivity contribution in [3.05, 3.63) is 69.1 Å². The molecular formula is C27H31NO4. The third kappa shape index (κ3) is 5.19. The summed E-state index contributed by atoms with van der Waals surface area (Å²) >= 11 is 0. The van der Waals surface area contributed by atoms with Crippen molar-refractivity contribution < 1.29 is 14.3 Å². The molecule has 0 N–H and O–H groups in total. The molecule has 1 aliphatic rings. The Morgan fingerprint density at radius 2 is 1.66 bits per heavy atom. The van der Waals surface area contributed by atoms with Crippen LogP contribution >= 0.6 is 0 Å². The third-order valence-corrected chi connectivity index (χ3v) is 6.20. The van der Waals surface area contributed by atoms with Gasteiger partial charge < -0.3 is 9.47 Å². The van der Waals surface area contributed by atoms with Crippen LogP contribution in [0.2, 0.25) is 0 Å². The van der Waals surface area contributed by atoms with Gasteiger partial charge >= 0.3 is 5.97 Å². The summed E-state index contributed by atoms with van der Waals surface area (Å²) in [7, 11) is 0. The molecule has 0 saturated carbocycles. The summed E-state index contributed by atoms with van der Waals surface area (Å²) < 4.78 is 11.0. The first-order valence-corrected chi connectivity index (χ1v) is 11.0. The van der Waals surface area contributed by atoms with Crippen LogP contribution in [-0.4, -0.2) is 19.2 Å². The fourth-order valence-electron chi connectivity index (χ4n) is 4.12. The summed E-state index contributed by atoms with van der Waals surface area (Å²) in [6, 6.07) is 11.1. The Balaban J connectivity index is 1.78. The fourth-order valence-corrected chi connectivity index (χ4v) is 4.12. The molecule has 0 bridgehead atoms. The monoisotopic (exact) mass is 433 g/mol. The predicted molar refractivity (Wildman–Crippen MR) is 126 cm³/mol. The molecule has 5 nitrogen and oxygen atoms in total. The predicted octanol–water partition coefficient (Wildman–Crippen LogP) is 5.91. The van der Waals surface area contributed by atoms with Crippen LogP contribution in [0.5, 0.6) is 5.75 Å². The van der Waals surface area contributed by atoms with Gasteiger partial charge in [-0.3, -0.25) is 0 Å². The summed E-state index contributed by atoms with van der Waals surface area (Å²) in [5.41, 5.74) is 4.71. The maximum absolute atomic E-state index is 11.7. The molecule has 3 rings (SSSR count). The van der Waals surface area contributed by atoms with Gasteiger partial charge in [-0.1, -0.05) is 44.7 Å². The lowest BCUT2D eigenvalue weighted by molar-refractivity contribution is 0.0526. The smallest absolute Gasteiger partial charge is 0.338 e. The minimum absolute atomic E-state index is 0.0441. The first kappa shape index (κ1) is 23.5. The number of fused-ring (bicyclic) bond motifs is 1. The normalized spacial score (nSPS) is 15.7. The van der Waals surface area contributed by atoms with Gasteiger partial charge in [-0.2, -0.15) is 4.91 Å². The van der Waals surface area contributed by atoms with E-state index in [9.17, 15) is 9.70 Å². The number of benzene rings is 2. The van der Waals surface area contributed by atoms with E-state index in [0.717, 1.165) is 24.0 Å². The Bertz CT molecular complexity index is 1060. The zero-order chi connectivity index (χ0) is 23.4. The molecule has 0 atom stereocenters. The zero-order valence-electron chi connectivity index (χ0n) is 19.6. The highest BCUT2D eigenvalue weighted by Crippen LogP contribution is 2.47. The summed E-state index contributed by atoms with van der Waals surface area (Å²) in [5, 5.41) is 3.11. The largest absolute Gasteiger partial charge is 0.481 e. The molecule has 2 aromatic rings. The van der Waals surface area contributed by atoms with Gasteiger partial charge in [0.05, 0.1) is 12.2 Å². The number of hydrogen-bond acceptors (Lipinski definition) is 5. The number of rotatable bonds is 6. The molecule has 0 heterocycles. The van der Waals surface area contributed by atoms with Gasteiger partial charge in [-0.25, -0.2) is 4.79 Å². The van der Waals surface area contributed by atoms with Gasteiger partial charge in [0, 0.05) is 11.1 Å². The average Bonchev–Trinajstić information content (AvgIpc) is 2.76. The first-order valence-electron chi connectivity index (χ1n) is 11.0. The van der Waals surface area contributed by atoms with Gasteiger partial charge in [-0.15, -0.1) is 0 Å².